The average Bonchev–Trinajstić information content (AvgIpc) is 3.09. The van der Waals surface area contributed by atoms with E-state index in [0.717, 1.165) is 25.9 Å². The van der Waals surface area contributed by atoms with Crippen molar-refractivity contribution in [2.45, 2.75) is 26.2 Å². The van der Waals surface area contributed by atoms with Gasteiger partial charge in [0.2, 0.25) is 11.8 Å². The van der Waals surface area contributed by atoms with Crippen LogP contribution in [0, 0.1) is 0 Å². The molecule has 0 radical (unpaired) electrons. The second-order valence-corrected chi connectivity index (χ2v) is 5.52. The van der Waals surface area contributed by atoms with Gasteiger partial charge >= 0.3 is 5.97 Å². The summed E-state index contributed by atoms with van der Waals surface area (Å²) in [5.41, 5.74) is 0.792. The second kappa shape index (κ2) is 7.76. The molecule has 1 fully saturated rings. The number of amides is 2. The molecule has 0 unspecified atom stereocenters. The fraction of sp³-hybridized carbons (Fsp3) is 0.471. The predicted octanol–water partition coefficient (Wildman–Crippen LogP) is 1.84. The Balaban J connectivity index is 2.14. The summed E-state index contributed by atoms with van der Waals surface area (Å²) in [5.74, 6) is -0.669. The maximum absolute atomic E-state index is 12.2. The number of rotatable bonds is 5. The van der Waals surface area contributed by atoms with E-state index in [2.05, 4.69) is 0 Å². The highest BCUT2D eigenvalue weighted by molar-refractivity contribution is 6.02. The first-order valence-electron chi connectivity index (χ1n) is 7.78. The van der Waals surface area contributed by atoms with Crippen molar-refractivity contribution >= 4 is 23.5 Å². The molecule has 0 bridgehead atoms. The summed E-state index contributed by atoms with van der Waals surface area (Å²) in [5, 5.41) is 0. The summed E-state index contributed by atoms with van der Waals surface area (Å²) in [6.45, 7) is 3.25. The molecular weight excluding hydrogens is 296 g/mol. The Morgan fingerprint density at radius 1 is 1.17 bits per heavy atom. The molecule has 1 aliphatic heterocycles. The zero-order chi connectivity index (χ0) is 16.8. The average molecular weight is 318 g/mol. The first-order chi connectivity index (χ1) is 11.0. The van der Waals surface area contributed by atoms with Gasteiger partial charge in [0.1, 0.15) is 0 Å². The lowest BCUT2D eigenvalue weighted by molar-refractivity contribution is -0.129. The third-order valence-electron chi connectivity index (χ3n) is 3.99. The zero-order valence-corrected chi connectivity index (χ0v) is 13.6. The van der Waals surface area contributed by atoms with E-state index in [0.29, 0.717) is 11.3 Å². The highest BCUT2D eigenvalue weighted by Crippen LogP contribution is 2.22. The summed E-state index contributed by atoms with van der Waals surface area (Å²) < 4.78 is 4.76. The van der Waals surface area contributed by atoms with E-state index >= 15 is 0 Å². The van der Waals surface area contributed by atoms with Crippen LogP contribution in [0.2, 0.25) is 0 Å². The molecule has 2 rings (SSSR count). The van der Waals surface area contributed by atoms with Crippen molar-refractivity contribution in [3.8, 4) is 0 Å². The van der Waals surface area contributed by atoms with E-state index in [1.165, 1.54) is 18.9 Å². The first kappa shape index (κ1) is 17.0. The molecule has 23 heavy (non-hydrogen) atoms. The molecule has 124 valence electrons. The number of carbonyl (C=O) groups is 3. The van der Waals surface area contributed by atoms with E-state index in [-0.39, 0.29) is 24.8 Å². The van der Waals surface area contributed by atoms with Gasteiger partial charge in [0.05, 0.1) is 18.4 Å². The van der Waals surface area contributed by atoms with E-state index in [1.807, 2.05) is 4.90 Å². The minimum Gasteiger partial charge on any atom is -0.465 e. The number of hydrogen-bond donors (Lipinski definition) is 0. The van der Waals surface area contributed by atoms with Crippen molar-refractivity contribution in [2.75, 3.05) is 31.6 Å². The number of nitrogens with zero attached hydrogens (tertiary/aromatic N) is 2. The van der Waals surface area contributed by atoms with Crippen LogP contribution >= 0.6 is 0 Å². The molecule has 0 spiro atoms. The zero-order valence-electron chi connectivity index (χ0n) is 13.6. The van der Waals surface area contributed by atoms with Crippen LogP contribution in [0.25, 0.3) is 0 Å². The Morgan fingerprint density at radius 2 is 1.83 bits per heavy atom. The highest BCUT2D eigenvalue weighted by atomic mass is 16.5. The third kappa shape index (κ3) is 4.09. The highest BCUT2D eigenvalue weighted by Gasteiger charge is 2.22. The minimum atomic E-state index is -0.502. The standard InChI is InChI=1S/C17H22N2O4/c1-13(20)19(12-9-16(21)18-10-5-6-11-18)15-8-4-3-7-14(15)17(22)23-2/h3-4,7-8H,5-6,9-12H2,1-2H3. The van der Waals surface area contributed by atoms with Gasteiger partial charge in [-0.15, -0.1) is 0 Å². The van der Waals surface area contributed by atoms with Crippen LogP contribution in [-0.4, -0.2) is 49.4 Å². The SMILES string of the molecule is COC(=O)c1ccccc1N(CCC(=O)N1CCCC1)C(C)=O. The number of carbonyl (C=O) groups excluding carboxylic acids is 3. The summed E-state index contributed by atoms with van der Waals surface area (Å²) in [6.07, 6.45) is 2.32. The molecule has 1 saturated heterocycles. The molecule has 1 aromatic carbocycles. The lowest BCUT2D eigenvalue weighted by Gasteiger charge is -2.24. The Hall–Kier alpha value is -2.37. The monoisotopic (exact) mass is 318 g/mol. The van der Waals surface area contributed by atoms with Gasteiger partial charge in [-0.2, -0.15) is 0 Å². The molecule has 1 heterocycles. The smallest absolute Gasteiger partial charge is 0.339 e. The second-order valence-electron chi connectivity index (χ2n) is 5.52. The van der Waals surface area contributed by atoms with Gasteiger partial charge in [-0.1, -0.05) is 12.1 Å². The predicted molar refractivity (Wildman–Crippen MR) is 86.2 cm³/mol. The maximum atomic E-state index is 12.2. The summed E-state index contributed by atoms with van der Waals surface area (Å²) in [4.78, 5) is 39.3. The van der Waals surface area contributed by atoms with Crippen LogP contribution in [0.5, 0.6) is 0 Å². The van der Waals surface area contributed by atoms with Gasteiger partial charge < -0.3 is 14.5 Å². The van der Waals surface area contributed by atoms with Crippen LogP contribution in [0.4, 0.5) is 5.69 Å². The number of ether oxygens (including phenoxy) is 1. The number of likely N-dealkylation sites (tertiary alicyclic amines) is 1. The van der Waals surface area contributed by atoms with Crippen molar-refractivity contribution in [1.29, 1.82) is 0 Å². The number of anilines is 1. The maximum Gasteiger partial charge on any atom is 0.339 e. The van der Waals surface area contributed by atoms with Gasteiger partial charge in [-0.05, 0) is 25.0 Å². The lowest BCUT2D eigenvalue weighted by atomic mass is 10.1. The molecular formula is C17H22N2O4. The fourth-order valence-electron chi connectivity index (χ4n) is 2.77. The number of benzene rings is 1. The minimum absolute atomic E-state index is 0.0456. The number of hydrogen-bond acceptors (Lipinski definition) is 4. The molecule has 6 nitrogen and oxygen atoms in total. The number of methoxy groups -OCH3 is 1. The fourth-order valence-corrected chi connectivity index (χ4v) is 2.77. The normalized spacial score (nSPS) is 13.7. The molecule has 0 atom stereocenters. The Bertz CT molecular complexity index is 594. The van der Waals surface area contributed by atoms with Crippen LogP contribution in [-0.2, 0) is 14.3 Å². The molecule has 2 amide bonds. The molecule has 0 saturated carbocycles. The molecule has 1 aliphatic rings. The van der Waals surface area contributed by atoms with Gasteiger partial charge in [0.15, 0.2) is 0 Å². The largest absolute Gasteiger partial charge is 0.465 e. The van der Waals surface area contributed by atoms with Crippen LogP contribution in [0.15, 0.2) is 24.3 Å². The third-order valence-corrected chi connectivity index (χ3v) is 3.99. The lowest BCUT2D eigenvalue weighted by Crippen LogP contribution is -2.36. The Kier molecular flexibility index (Phi) is 5.73. The van der Waals surface area contributed by atoms with Crippen molar-refractivity contribution < 1.29 is 19.1 Å². The quantitative estimate of drug-likeness (QED) is 0.777. The number of esters is 1. The molecule has 1 aromatic rings. The van der Waals surface area contributed by atoms with E-state index < -0.39 is 5.97 Å². The Labute approximate surface area is 136 Å². The number of para-hydroxylation sites is 1. The molecule has 6 heteroatoms. The van der Waals surface area contributed by atoms with E-state index in [4.69, 9.17) is 4.74 Å². The van der Waals surface area contributed by atoms with E-state index in [9.17, 15) is 14.4 Å². The van der Waals surface area contributed by atoms with Crippen LogP contribution in [0.1, 0.15) is 36.5 Å². The molecule has 0 aliphatic carbocycles. The Morgan fingerprint density at radius 3 is 2.43 bits per heavy atom. The molecule has 0 N–H and O–H groups in total. The van der Waals surface area contributed by atoms with Gasteiger partial charge in [0, 0.05) is 33.0 Å². The van der Waals surface area contributed by atoms with E-state index in [1.54, 1.807) is 24.3 Å². The van der Waals surface area contributed by atoms with Crippen LogP contribution < -0.4 is 4.90 Å². The van der Waals surface area contributed by atoms with Gasteiger partial charge in [-0.25, -0.2) is 4.79 Å². The van der Waals surface area contributed by atoms with Gasteiger partial charge in [0.25, 0.3) is 0 Å². The topological polar surface area (TPSA) is 66.9 Å². The van der Waals surface area contributed by atoms with Crippen molar-refractivity contribution in [1.82, 2.24) is 4.90 Å². The first-order valence-corrected chi connectivity index (χ1v) is 7.78. The van der Waals surface area contributed by atoms with Crippen LogP contribution in [0.3, 0.4) is 0 Å². The summed E-state index contributed by atoms with van der Waals surface area (Å²) in [7, 11) is 1.30. The summed E-state index contributed by atoms with van der Waals surface area (Å²) >= 11 is 0. The van der Waals surface area contributed by atoms with Crippen molar-refractivity contribution in [2.24, 2.45) is 0 Å². The van der Waals surface area contributed by atoms with Crippen molar-refractivity contribution in [3.63, 3.8) is 0 Å². The summed E-state index contributed by atoms with van der Waals surface area (Å²) in [6, 6.07) is 6.76. The van der Waals surface area contributed by atoms with Gasteiger partial charge in [-0.3, -0.25) is 9.59 Å². The van der Waals surface area contributed by atoms with Crippen molar-refractivity contribution in [3.05, 3.63) is 29.8 Å². The molecule has 0 aromatic heterocycles.